The van der Waals surface area contributed by atoms with Gasteiger partial charge in [-0.05, 0) is 62.5 Å². The van der Waals surface area contributed by atoms with Crippen LogP contribution in [0.4, 0.5) is 43.3 Å². The average Bonchev–Trinajstić information content (AvgIpc) is 3.38. The summed E-state index contributed by atoms with van der Waals surface area (Å²) < 4.78 is 77.8. The molecule has 0 fully saturated rings. The van der Waals surface area contributed by atoms with E-state index in [-0.39, 0.29) is 35.2 Å². The molecule has 11 nitrogen and oxygen atoms in total. The number of amides is 2. The maximum absolute atomic E-state index is 14.9. The Morgan fingerprint density at radius 1 is 0.979 bits per heavy atom. The fraction of sp³-hybridized carbons (Fsp3) is 0.258. The molecule has 4 rings (SSSR count). The SMILES string of the molecule is CCOC(=O)N(Cc1c(F)cccc1F)c1sc(-c2ccc([N+](=O)[O-])cc2)c(CN(C)C)c1C(=O)Nc1cccc(OCC(F)(F)F)n1. The monoisotopic (exact) mass is 693 g/mol. The minimum Gasteiger partial charge on any atom is -0.468 e. The molecule has 0 radical (unpaired) electrons. The molecule has 2 aromatic heterocycles. The summed E-state index contributed by atoms with van der Waals surface area (Å²) >= 11 is 0.894. The number of benzene rings is 2. The van der Waals surface area contributed by atoms with Crippen LogP contribution >= 0.6 is 11.3 Å². The number of nitrogens with one attached hydrogen (secondary N) is 1. The summed E-state index contributed by atoms with van der Waals surface area (Å²) in [6.45, 7) is -0.868. The number of nitrogens with zero attached hydrogens (tertiary/aromatic N) is 4. The molecule has 48 heavy (non-hydrogen) atoms. The molecular formula is C31H28F5N5O6S. The van der Waals surface area contributed by atoms with Crippen molar-refractivity contribution in [3.05, 3.63) is 99.1 Å². The second-order valence-corrected chi connectivity index (χ2v) is 11.3. The van der Waals surface area contributed by atoms with Gasteiger partial charge in [0.25, 0.3) is 11.6 Å². The highest BCUT2D eigenvalue weighted by Crippen LogP contribution is 2.44. The van der Waals surface area contributed by atoms with E-state index in [9.17, 15) is 41.7 Å². The molecule has 254 valence electrons. The zero-order valence-corrected chi connectivity index (χ0v) is 26.5. The van der Waals surface area contributed by atoms with Crippen LogP contribution in [0.5, 0.6) is 5.88 Å². The predicted molar refractivity (Wildman–Crippen MR) is 167 cm³/mol. The number of hydrogen-bond donors (Lipinski definition) is 1. The fourth-order valence-electron chi connectivity index (χ4n) is 4.47. The molecule has 0 spiro atoms. The van der Waals surface area contributed by atoms with Crippen molar-refractivity contribution in [3.63, 3.8) is 0 Å². The van der Waals surface area contributed by atoms with E-state index in [1.165, 1.54) is 43.3 Å². The van der Waals surface area contributed by atoms with E-state index in [4.69, 9.17) is 9.47 Å². The van der Waals surface area contributed by atoms with Crippen LogP contribution in [0.15, 0.2) is 60.7 Å². The van der Waals surface area contributed by atoms with Gasteiger partial charge in [-0.25, -0.2) is 13.6 Å². The van der Waals surface area contributed by atoms with Crippen LogP contribution in [-0.2, 0) is 17.8 Å². The number of hydrogen-bond acceptors (Lipinski definition) is 9. The molecule has 0 aliphatic carbocycles. The van der Waals surface area contributed by atoms with Crippen molar-refractivity contribution < 1.29 is 45.9 Å². The van der Waals surface area contributed by atoms with E-state index >= 15 is 0 Å². The van der Waals surface area contributed by atoms with E-state index in [2.05, 4.69) is 10.3 Å². The number of aromatic nitrogens is 1. The molecule has 0 atom stereocenters. The number of non-ortho nitro benzene ring substituents is 1. The molecule has 2 aromatic carbocycles. The van der Waals surface area contributed by atoms with Gasteiger partial charge < -0.3 is 19.7 Å². The van der Waals surface area contributed by atoms with E-state index in [1.54, 1.807) is 19.0 Å². The molecule has 4 aromatic rings. The number of nitro groups is 1. The van der Waals surface area contributed by atoms with Crippen molar-refractivity contribution in [2.24, 2.45) is 0 Å². The zero-order chi connectivity index (χ0) is 35.2. The van der Waals surface area contributed by atoms with Crippen LogP contribution in [0.2, 0.25) is 0 Å². The van der Waals surface area contributed by atoms with Crippen molar-refractivity contribution in [2.75, 3.05) is 37.5 Å². The highest BCUT2D eigenvalue weighted by atomic mass is 32.1. The van der Waals surface area contributed by atoms with Gasteiger partial charge in [0.05, 0.1) is 23.6 Å². The number of alkyl halides is 3. The molecule has 2 heterocycles. The molecule has 0 aliphatic heterocycles. The first-order valence-electron chi connectivity index (χ1n) is 14.1. The second-order valence-electron chi connectivity index (χ2n) is 10.3. The number of thiophene rings is 1. The topological polar surface area (TPSA) is 127 Å². The molecule has 0 saturated heterocycles. The number of anilines is 2. The lowest BCUT2D eigenvalue weighted by Gasteiger charge is -2.23. The van der Waals surface area contributed by atoms with Gasteiger partial charge in [0.1, 0.15) is 22.5 Å². The van der Waals surface area contributed by atoms with Gasteiger partial charge in [-0.15, -0.1) is 11.3 Å². The molecule has 0 bridgehead atoms. The molecular weight excluding hydrogens is 665 g/mol. The van der Waals surface area contributed by atoms with E-state index in [0.717, 1.165) is 40.5 Å². The van der Waals surface area contributed by atoms with Crippen LogP contribution in [0.3, 0.4) is 0 Å². The van der Waals surface area contributed by atoms with Gasteiger partial charge in [0.15, 0.2) is 6.61 Å². The van der Waals surface area contributed by atoms with Crippen molar-refractivity contribution in [2.45, 2.75) is 26.2 Å². The molecule has 0 aliphatic rings. The number of ether oxygens (including phenoxy) is 2. The first-order valence-corrected chi connectivity index (χ1v) is 14.9. The van der Waals surface area contributed by atoms with Gasteiger partial charge in [0.2, 0.25) is 5.88 Å². The molecule has 0 unspecified atom stereocenters. The van der Waals surface area contributed by atoms with Crippen LogP contribution in [-0.4, -0.2) is 60.3 Å². The van der Waals surface area contributed by atoms with E-state index < -0.39 is 59.3 Å². The number of carbonyl (C=O) groups excluding carboxylic acids is 2. The number of nitro benzene ring substituents is 1. The minimum atomic E-state index is -4.64. The average molecular weight is 694 g/mol. The van der Waals surface area contributed by atoms with Crippen LogP contribution in [0, 0.1) is 21.7 Å². The highest BCUT2D eigenvalue weighted by Gasteiger charge is 2.33. The van der Waals surface area contributed by atoms with Crippen molar-refractivity contribution in [3.8, 4) is 16.3 Å². The van der Waals surface area contributed by atoms with E-state index in [1.807, 2.05) is 0 Å². The van der Waals surface area contributed by atoms with Crippen LogP contribution < -0.4 is 15.0 Å². The Labute approximate surface area is 274 Å². The quantitative estimate of drug-likeness (QED) is 0.0924. The summed E-state index contributed by atoms with van der Waals surface area (Å²) in [6.07, 6.45) is -5.68. The summed E-state index contributed by atoms with van der Waals surface area (Å²) in [5.41, 5.74) is -0.101. The van der Waals surface area contributed by atoms with Gasteiger partial charge in [0, 0.05) is 35.2 Å². The zero-order valence-electron chi connectivity index (χ0n) is 25.6. The van der Waals surface area contributed by atoms with Crippen LogP contribution in [0.25, 0.3) is 10.4 Å². The van der Waals surface area contributed by atoms with Crippen molar-refractivity contribution in [1.29, 1.82) is 0 Å². The normalized spacial score (nSPS) is 11.4. The Bertz CT molecular complexity index is 1780. The van der Waals surface area contributed by atoms with Crippen LogP contribution in [0.1, 0.15) is 28.4 Å². The maximum Gasteiger partial charge on any atom is 0.422 e. The lowest BCUT2D eigenvalue weighted by atomic mass is 10.0. The Morgan fingerprint density at radius 3 is 2.21 bits per heavy atom. The number of carbonyl (C=O) groups is 2. The number of pyridine rings is 1. The summed E-state index contributed by atoms with van der Waals surface area (Å²) in [6, 6.07) is 12.3. The third-order valence-electron chi connectivity index (χ3n) is 6.49. The third-order valence-corrected chi connectivity index (χ3v) is 7.79. The summed E-state index contributed by atoms with van der Waals surface area (Å²) in [5, 5.41) is 13.7. The van der Waals surface area contributed by atoms with Crippen molar-refractivity contribution in [1.82, 2.24) is 9.88 Å². The lowest BCUT2D eigenvalue weighted by molar-refractivity contribution is -0.384. The maximum atomic E-state index is 14.9. The number of halogens is 5. The molecule has 17 heteroatoms. The van der Waals surface area contributed by atoms with Gasteiger partial charge in [-0.2, -0.15) is 18.2 Å². The number of rotatable bonds is 12. The minimum absolute atomic E-state index is 0.0679. The Hall–Kier alpha value is -5.16. The standard InChI is InChI=1S/C31H28F5N5O6S/c1-4-46-30(43)40(16-20-22(32)7-5-8-23(20)33)29-26(28(42)38-24-9-6-10-25(37-24)47-17-31(34,35)36)21(15-39(2)3)27(48-29)18-11-13-19(14-12-18)41(44)45/h5-14H,4,15-17H2,1-3H3,(H,37,38,42). The largest absolute Gasteiger partial charge is 0.468 e. The Kier molecular flexibility index (Phi) is 11.3. The second kappa shape index (κ2) is 15.2. The first kappa shape index (κ1) is 35.7. The van der Waals surface area contributed by atoms with Crippen molar-refractivity contribution >= 4 is 39.8 Å². The van der Waals surface area contributed by atoms with E-state index in [0.29, 0.717) is 16.0 Å². The molecule has 2 amide bonds. The van der Waals surface area contributed by atoms with Gasteiger partial charge in [-0.1, -0.05) is 12.1 Å². The predicted octanol–water partition coefficient (Wildman–Crippen LogP) is 7.41. The van der Waals surface area contributed by atoms with Gasteiger partial charge >= 0.3 is 12.3 Å². The first-order chi connectivity index (χ1) is 22.7. The summed E-state index contributed by atoms with van der Waals surface area (Å²) in [7, 11) is 3.39. The summed E-state index contributed by atoms with van der Waals surface area (Å²) in [4.78, 5) is 45.2. The highest BCUT2D eigenvalue weighted by molar-refractivity contribution is 7.20. The fourth-order valence-corrected chi connectivity index (χ4v) is 5.78. The Morgan fingerprint density at radius 2 is 1.62 bits per heavy atom. The Balaban J connectivity index is 1.91. The summed E-state index contributed by atoms with van der Waals surface area (Å²) in [5.74, 6) is -3.44. The third kappa shape index (κ3) is 8.80. The lowest BCUT2D eigenvalue weighted by Crippen LogP contribution is -2.33. The molecule has 0 saturated carbocycles. The smallest absolute Gasteiger partial charge is 0.422 e. The van der Waals surface area contributed by atoms with Gasteiger partial charge in [-0.3, -0.25) is 19.8 Å². The molecule has 1 N–H and O–H groups in total.